The van der Waals surface area contributed by atoms with Gasteiger partial charge in [0.1, 0.15) is 5.82 Å². The van der Waals surface area contributed by atoms with E-state index in [0.717, 1.165) is 24.4 Å². The Balaban J connectivity index is 1.85. The van der Waals surface area contributed by atoms with Crippen LogP contribution in [0.3, 0.4) is 0 Å². The molecule has 1 aliphatic heterocycles. The third kappa shape index (κ3) is 5.08. The number of nitrogens with zero attached hydrogens (tertiary/aromatic N) is 1. The van der Waals surface area contributed by atoms with E-state index in [0.29, 0.717) is 0 Å². The van der Waals surface area contributed by atoms with E-state index in [9.17, 15) is 4.39 Å². The largest absolute Gasteiger partial charge is 0.313 e. The Labute approximate surface area is 128 Å². The van der Waals surface area contributed by atoms with E-state index in [1.165, 1.54) is 44.8 Å². The van der Waals surface area contributed by atoms with E-state index >= 15 is 0 Å². The average molecular weight is 292 g/mol. The average Bonchev–Trinajstić information content (AvgIpc) is 2.73. The highest BCUT2D eigenvalue weighted by atomic mass is 19.1. The molecular formula is C18H29FN2. The first-order valence-corrected chi connectivity index (χ1v) is 8.38. The van der Waals surface area contributed by atoms with Gasteiger partial charge in [-0.1, -0.05) is 25.5 Å². The predicted octanol–water partition coefficient (Wildman–Crippen LogP) is 3.99. The molecule has 0 spiro atoms. The van der Waals surface area contributed by atoms with Gasteiger partial charge in [-0.3, -0.25) is 0 Å². The molecule has 0 radical (unpaired) electrons. The van der Waals surface area contributed by atoms with Gasteiger partial charge in [-0.25, -0.2) is 4.39 Å². The Bertz CT molecular complexity index is 421. The minimum Gasteiger partial charge on any atom is -0.313 e. The molecule has 0 saturated carbocycles. The molecule has 0 aromatic heterocycles. The second-order valence-corrected chi connectivity index (χ2v) is 6.23. The molecule has 1 aliphatic rings. The molecule has 2 unspecified atom stereocenters. The number of nitrogens with one attached hydrogen (secondary N) is 1. The summed E-state index contributed by atoms with van der Waals surface area (Å²) in [4.78, 5) is 2.58. The standard InChI is InChI=1S/C18H29FN2/c1-3-15-6-5-11-21(12-9-15)13-10-18(20-2)16-7-4-8-17(19)14-16/h4,7-8,14-15,18,20H,3,5-6,9-13H2,1-2H3. The van der Waals surface area contributed by atoms with Gasteiger partial charge < -0.3 is 10.2 Å². The second kappa shape index (κ2) is 8.50. The molecule has 118 valence electrons. The number of likely N-dealkylation sites (tertiary alicyclic amines) is 1. The molecule has 0 bridgehead atoms. The van der Waals surface area contributed by atoms with E-state index in [4.69, 9.17) is 0 Å². The fourth-order valence-corrected chi connectivity index (χ4v) is 3.37. The Morgan fingerprint density at radius 1 is 1.33 bits per heavy atom. The van der Waals surface area contributed by atoms with Gasteiger partial charge in [-0.2, -0.15) is 0 Å². The summed E-state index contributed by atoms with van der Waals surface area (Å²) in [6.45, 7) is 5.84. The molecule has 2 rings (SSSR count). The summed E-state index contributed by atoms with van der Waals surface area (Å²) in [7, 11) is 1.96. The van der Waals surface area contributed by atoms with Crippen LogP contribution in [-0.2, 0) is 0 Å². The van der Waals surface area contributed by atoms with Gasteiger partial charge in [-0.15, -0.1) is 0 Å². The lowest BCUT2D eigenvalue weighted by Gasteiger charge is -2.24. The Kier molecular flexibility index (Phi) is 6.65. The lowest BCUT2D eigenvalue weighted by atomic mass is 9.98. The molecule has 2 nitrogen and oxygen atoms in total. The SMILES string of the molecule is CCC1CCCN(CCC(NC)c2cccc(F)c2)CC1. The minimum absolute atomic E-state index is 0.145. The molecule has 3 heteroatoms. The number of hydrogen-bond acceptors (Lipinski definition) is 2. The quantitative estimate of drug-likeness (QED) is 0.853. The Morgan fingerprint density at radius 2 is 2.19 bits per heavy atom. The van der Waals surface area contributed by atoms with Crippen molar-refractivity contribution in [1.82, 2.24) is 10.2 Å². The van der Waals surface area contributed by atoms with Crippen LogP contribution in [0, 0.1) is 11.7 Å². The van der Waals surface area contributed by atoms with E-state index in [1.807, 2.05) is 13.1 Å². The lowest BCUT2D eigenvalue weighted by molar-refractivity contribution is 0.264. The first kappa shape index (κ1) is 16.4. The van der Waals surface area contributed by atoms with Crippen molar-refractivity contribution in [2.24, 2.45) is 5.92 Å². The maximum absolute atomic E-state index is 13.4. The van der Waals surface area contributed by atoms with E-state index in [1.54, 1.807) is 12.1 Å². The van der Waals surface area contributed by atoms with Crippen LogP contribution in [0.25, 0.3) is 0 Å². The van der Waals surface area contributed by atoms with Gasteiger partial charge in [0.15, 0.2) is 0 Å². The first-order chi connectivity index (χ1) is 10.2. The van der Waals surface area contributed by atoms with Crippen molar-refractivity contribution in [3.8, 4) is 0 Å². The molecule has 1 aromatic rings. The summed E-state index contributed by atoms with van der Waals surface area (Å²) in [5.41, 5.74) is 1.05. The molecule has 21 heavy (non-hydrogen) atoms. The van der Waals surface area contributed by atoms with Crippen LogP contribution in [0.15, 0.2) is 24.3 Å². The van der Waals surface area contributed by atoms with Crippen molar-refractivity contribution in [2.75, 3.05) is 26.7 Å². The fourth-order valence-electron chi connectivity index (χ4n) is 3.37. The monoisotopic (exact) mass is 292 g/mol. The smallest absolute Gasteiger partial charge is 0.123 e. The Hall–Kier alpha value is -0.930. The van der Waals surface area contributed by atoms with Crippen LogP contribution in [0.4, 0.5) is 4.39 Å². The van der Waals surface area contributed by atoms with Gasteiger partial charge in [0, 0.05) is 6.04 Å². The van der Waals surface area contributed by atoms with Crippen LogP contribution in [0.2, 0.25) is 0 Å². The molecule has 1 fully saturated rings. The highest BCUT2D eigenvalue weighted by molar-refractivity contribution is 5.20. The van der Waals surface area contributed by atoms with Crippen LogP contribution in [0.5, 0.6) is 0 Å². The zero-order valence-electron chi connectivity index (χ0n) is 13.4. The number of halogens is 1. The highest BCUT2D eigenvalue weighted by Gasteiger charge is 2.17. The van der Waals surface area contributed by atoms with Crippen LogP contribution in [0.1, 0.15) is 50.6 Å². The van der Waals surface area contributed by atoms with E-state index < -0.39 is 0 Å². The molecule has 1 saturated heterocycles. The normalized spacial score (nSPS) is 22.0. The molecular weight excluding hydrogens is 263 g/mol. The summed E-state index contributed by atoms with van der Waals surface area (Å²) in [5.74, 6) is 0.770. The summed E-state index contributed by atoms with van der Waals surface area (Å²) in [6.07, 6.45) is 6.39. The zero-order chi connectivity index (χ0) is 15.1. The van der Waals surface area contributed by atoms with Crippen LogP contribution >= 0.6 is 0 Å². The topological polar surface area (TPSA) is 15.3 Å². The van der Waals surface area contributed by atoms with Crippen LogP contribution < -0.4 is 5.32 Å². The highest BCUT2D eigenvalue weighted by Crippen LogP contribution is 2.22. The molecule has 1 aromatic carbocycles. The number of rotatable bonds is 6. The van der Waals surface area contributed by atoms with Gasteiger partial charge in [0.2, 0.25) is 0 Å². The molecule has 2 atom stereocenters. The molecule has 0 amide bonds. The predicted molar refractivity (Wildman–Crippen MR) is 86.9 cm³/mol. The molecule has 0 aliphatic carbocycles. The fraction of sp³-hybridized carbons (Fsp3) is 0.667. The van der Waals surface area contributed by atoms with Crippen molar-refractivity contribution in [3.63, 3.8) is 0 Å². The van der Waals surface area contributed by atoms with E-state index in [2.05, 4.69) is 17.1 Å². The number of benzene rings is 1. The number of hydrogen-bond donors (Lipinski definition) is 1. The third-order valence-corrected chi connectivity index (χ3v) is 4.85. The zero-order valence-corrected chi connectivity index (χ0v) is 13.4. The summed E-state index contributed by atoms with van der Waals surface area (Å²) in [6, 6.07) is 7.21. The minimum atomic E-state index is -0.145. The van der Waals surface area contributed by atoms with Crippen molar-refractivity contribution in [2.45, 2.75) is 45.1 Å². The van der Waals surface area contributed by atoms with Crippen molar-refractivity contribution >= 4 is 0 Å². The van der Waals surface area contributed by atoms with Crippen molar-refractivity contribution < 1.29 is 4.39 Å². The van der Waals surface area contributed by atoms with Gasteiger partial charge in [0.25, 0.3) is 0 Å². The van der Waals surface area contributed by atoms with Gasteiger partial charge in [-0.05, 0) is 76.0 Å². The second-order valence-electron chi connectivity index (χ2n) is 6.23. The lowest BCUT2D eigenvalue weighted by Crippen LogP contribution is -2.29. The van der Waals surface area contributed by atoms with Crippen molar-refractivity contribution in [1.29, 1.82) is 0 Å². The van der Waals surface area contributed by atoms with Crippen molar-refractivity contribution in [3.05, 3.63) is 35.6 Å². The third-order valence-electron chi connectivity index (χ3n) is 4.85. The Morgan fingerprint density at radius 3 is 2.90 bits per heavy atom. The maximum atomic E-state index is 13.4. The first-order valence-electron chi connectivity index (χ1n) is 8.38. The molecule has 1 N–H and O–H groups in total. The summed E-state index contributed by atoms with van der Waals surface area (Å²) < 4.78 is 13.4. The molecule has 1 heterocycles. The van der Waals surface area contributed by atoms with E-state index in [-0.39, 0.29) is 11.9 Å². The summed E-state index contributed by atoms with van der Waals surface area (Å²) >= 11 is 0. The van der Waals surface area contributed by atoms with Crippen LogP contribution in [-0.4, -0.2) is 31.6 Å². The maximum Gasteiger partial charge on any atom is 0.123 e. The van der Waals surface area contributed by atoms with Gasteiger partial charge >= 0.3 is 0 Å². The summed E-state index contributed by atoms with van der Waals surface area (Å²) in [5, 5.41) is 3.33. The van der Waals surface area contributed by atoms with Gasteiger partial charge in [0.05, 0.1) is 0 Å².